The van der Waals surface area contributed by atoms with E-state index in [1.165, 1.54) is 12.3 Å². The molecule has 2 rings (SSSR count). The number of halogens is 4. The second-order valence-corrected chi connectivity index (χ2v) is 6.91. The number of hydrogen-bond acceptors (Lipinski definition) is 4. The molecule has 1 aliphatic rings. The third-order valence-electron chi connectivity index (χ3n) is 4.49. The summed E-state index contributed by atoms with van der Waals surface area (Å²) in [6, 6.07) is 5.06. The zero-order valence-electron chi connectivity index (χ0n) is 15.0. The lowest BCUT2D eigenvalue weighted by Gasteiger charge is -2.34. The van der Waals surface area contributed by atoms with Crippen LogP contribution in [0.15, 0.2) is 30.0 Å². The SMILES string of the molecule is CN1CCC(N(C)/C=C(/C#N)C(=O)Nc2ccc(Cl)c(C(F)(F)F)c2)CC1. The Kier molecular flexibility index (Phi) is 6.73. The first-order valence-electron chi connectivity index (χ1n) is 8.32. The number of carbonyl (C=O) groups is 1. The van der Waals surface area contributed by atoms with Crippen LogP contribution >= 0.6 is 11.6 Å². The molecule has 27 heavy (non-hydrogen) atoms. The van der Waals surface area contributed by atoms with Crippen LogP contribution in [0, 0.1) is 11.3 Å². The average molecular weight is 401 g/mol. The molecule has 0 atom stereocenters. The number of anilines is 1. The quantitative estimate of drug-likeness (QED) is 0.618. The number of piperidine rings is 1. The van der Waals surface area contributed by atoms with Gasteiger partial charge in [-0.15, -0.1) is 0 Å². The second-order valence-electron chi connectivity index (χ2n) is 6.50. The number of amides is 1. The molecule has 1 amide bonds. The fourth-order valence-corrected chi connectivity index (χ4v) is 3.09. The molecule has 5 nitrogen and oxygen atoms in total. The molecule has 146 valence electrons. The van der Waals surface area contributed by atoms with Crippen molar-refractivity contribution < 1.29 is 18.0 Å². The molecular weight excluding hydrogens is 381 g/mol. The summed E-state index contributed by atoms with van der Waals surface area (Å²) in [5, 5.41) is 11.1. The molecule has 0 spiro atoms. The van der Waals surface area contributed by atoms with Gasteiger partial charge < -0.3 is 15.1 Å². The Morgan fingerprint density at radius 2 is 2.04 bits per heavy atom. The van der Waals surface area contributed by atoms with Gasteiger partial charge in [-0.1, -0.05) is 11.6 Å². The van der Waals surface area contributed by atoms with E-state index in [2.05, 4.69) is 10.2 Å². The molecule has 1 saturated heterocycles. The Morgan fingerprint density at radius 3 is 2.59 bits per heavy atom. The fourth-order valence-electron chi connectivity index (χ4n) is 2.87. The smallest absolute Gasteiger partial charge is 0.376 e. The molecule has 0 aliphatic carbocycles. The van der Waals surface area contributed by atoms with Gasteiger partial charge in [-0.2, -0.15) is 18.4 Å². The van der Waals surface area contributed by atoms with Crippen LogP contribution in [-0.2, 0) is 11.0 Å². The number of likely N-dealkylation sites (tertiary alicyclic amines) is 1. The average Bonchev–Trinajstić information content (AvgIpc) is 2.60. The topological polar surface area (TPSA) is 59.4 Å². The van der Waals surface area contributed by atoms with E-state index >= 15 is 0 Å². The molecule has 0 aromatic heterocycles. The number of benzene rings is 1. The fraction of sp³-hybridized carbons (Fsp3) is 0.444. The van der Waals surface area contributed by atoms with Crippen molar-refractivity contribution >= 4 is 23.2 Å². The minimum atomic E-state index is -4.64. The molecule has 1 fully saturated rings. The first kappa shape index (κ1) is 21.1. The van der Waals surface area contributed by atoms with E-state index in [0.29, 0.717) is 0 Å². The first-order chi connectivity index (χ1) is 12.6. The maximum absolute atomic E-state index is 12.9. The van der Waals surface area contributed by atoms with Crippen molar-refractivity contribution in [3.8, 4) is 6.07 Å². The van der Waals surface area contributed by atoms with Crippen molar-refractivity contribution in [2.24, 2.45) is 0 Å². The highest BCUT2D eigenvalue weighted by Gasteiger charge is 2.33. The Hall–Kier alpha value is -2.24. The highest BCUT2D eigenvalue weighted by Crippen LogP contribution is 2.36. The molecule has 1 heterocycles. The summed E-state index contributed by atoms with van der Waals surface area (Å²) in [4.78, 5) is 16.3. The lowest BCUT2D eigenvalue weighted by Crippen LogP contribution is -2.40. The highest BCUT2D eigenvalue weighted by atomic mass is 35.5. The van der Waals surface area contributed by atoms with Gasteiger partial charge in [-0.25, -0.2) is 0 Å². The maximum atomic E-state index is 12.9. The van der Waals surface area contributed by atoms with Crippen molar-refractivity contribution in [2.45, 2.75) is 25.1 Å². The predicted octanol–water partition coefficient (Wildman–Crippen LogP) is 3.73. The Morgan fingerprint density at radius 1 is 1.41 bits per heavy atom. The van der Waals surface area contributed by atoms with Gasteiger partial charge in [0.15, 0.2) is 0 Å². The number of alkyl halides is 3. The van der Waals surface area contributed by atoms with Crippen LogP contribution in [0.25, 0.3) is 0 Å². The summed E-state index contributed by atoms with van der Waals surface area (Å²) in [6.45, 7) is 1.84. The number of nitriles is 1. The largest absolute Gasteiger partial charge is 0.417 e. The molecule has 1 aromatic rings. The van der Waals surface area contributed by atoms with Crippen molar-refractivity contribution in [2.75, 3.05) is 32.5 Å². The normalized spacial score (nSPS) is 16.7. The highest BCUT2D eigenvalue weighted by molar-refractivity contribution is 6.31. The summed E-state index contributed by atoms with van der Waals surface area (Å²) in [5.74, 6) is -0.771. The van der Waals surface area contributed by atoms with Crippen LogP contribution in [0.3, 0.4) is 0 Å². The van der Waals surface area contributed by atoms with Crippen LogP contribution < -0.4 is 5.32 Å². The van der Waals surface area contributed by atoms with E-state index in [-0.39, 0.29) is 17.3 Å². The van der Waals surface area contributed by atoms with Crippen LogP contribution in [0.1, 0.15) is 18.4 Å². The summed E-state index contributed by atoms with van der Waals surface area (Å²) < 4.78 is 38.8. The third kappa shape index (κ3) is 5.62. The Labute approximate surface area is 161 Å². The molecule has 1 aliphatic heterocycles. The van der Waals surface area contributed by atoms with E-state index in [0.717, 1.165) is 38.1 Å². The number of nitrogens with zero attached hydrogens (tertiary/aromatic N) is 3. The molecule has 0 radical (unpaired) electrons. The van der Waals surface area contributed by atoms with Gasteiger partial charge in [0.25, 0.3) is 5.91 Å². The number of rotatable bonds is 4. The molecule has 9 heteroatoms. The van der Waals surface area contributed by atoms with Crippen LogP contribution in [0.5, 0.6) is 0 Å². The molecule has 0 unspecified atom stereocenters. The zero-order chi connectivity index (χ0) is 20.2. The number of carbonyl (C=O) groups excluding carboxylic acids is 1. The summed E-state index contributed by atoms with van der Waals surface area (Å²) >= 11 is 5.57. The van der Waals surface area contributed by atoms with E-state index in [1.807, 2.05) is 11.9 Å². The molecule has 1 aromatic carbocycles. The van der Waals surface area contributed by atoms with Crippen molar-refractivity contribution in [3.05, 3.63) is 40.6 Å². The standard InChI is InChI=1S/C18H20ClF3N4O/c1-25-7-5-14(6-8-25)26(2)11-12(10-23)17(27)24-13-3-4-16(19)15(9-13)18(20,21)22/h3-4,9,11,14H,5-8H2,1-2H3,(H,24,27)/b12-11-. The summed E-state index contributed by atoms with van der Waals surface area (Å²) in [6.07, 6.45) is -1.40. The minimum Gasteiger partial charge on any atom is -0.376 e. The number of nitrogens with one attached hydrogen (secondary N) is 1. The van der Waals surface area contributed by atoms with Gasteiger partial charge >= 0.3 is 6.18 Å². The Balaban J connectivity index is 2.12. The van der Waals surface area contributed by atoms with E-state index in [1.54, 1.807) is 13.1 Å². The van der Waals surface area contributed by atoms with Crippen molar-refractivity contribution in [1.82, 2.24) is 9.80 Å². The van der Waals surface area contributed by atoms with Crippen molar-refractivity contribution in [1.29, 1.82) is 5.26 Å². The first-order valence-corrected chi connectivity index (χ1v) is 8.70. The van der Waals surface area contributed by atoms with E-state index in [9.17, 15) is 23.2 Å². The van der Waals surface area contributed by atoms with Gasteiger partial charge in [-0.05, 0) is 51.2 Å². The van der Waals surface area contributed by atoms with Gasteiger partial charge in [0.2, 0.25) is 0 Å². The lowest BCUT2D eigenvalue weighted by atomic mass is 10.0. The third-order valence-corrected chi connectivity index (χ3v) is 4.82. The molecule has 0 bridgehead atoms. The predicted molar refractivity (Wildman–Crippen MR) is 97.1 cm³/mol. The van der Waals surface area contributed by atoms with Gasteiger partial charge in [0.05, 0.1) is 10.6 Å². The second kappa shape index (κ2) is 8.63. The summed E-state index contributed by atoms with van der Waals surface area (Å²) in [5.41, 5.74) is -1.31. The van der Waals surface area contributed by atoms with Gasteiger partial charge in [0.1, 0.15) is 11.6 Å². The molecule has 0 saturated carbocycles. The lowest BCUT2D eigenvalue weighted by molar-refractivity contribution is -0.137. The number of hydrogen-bond donors (Lipinski definition) is 1. The maximum Gasteiger partial charge on any atom is 0.417 e. The van der Waals surface area contributed by atoms with E-state index < -0.39 is 22.7 Å². The van der Waals surface area contributed by atoms with Crippen molar-refractivity contribution in [3.63, 3.8) is 0 Å². The van der Waals surface area contributed by atoms with Crippen LogP contribution in [-0.4, -0.2) is 48.9 Å². The van der Waals surface area contributed by atoms with E-state index in [4.69, 9.17) is 11.6 Å². The minimum absolute atomic E-state index is 0.0835. The monoisotopic (exact) mass is 400 g/mol. The van der Waals surface area contributed by atoms with Gasteiger partial charge in [-0.3, -0.25) is 4.79 Å². The van der Waals surface area contributed by atoms with Gasteiger partial charge in [0, 0.05) is 25.0 Å². The Bertz CT molecular complexity index is 765. The van der Waals surface area contributed by atoms with Crippen LogP contribution in [0.4, 0.5) is 18.9 Å². The van der Waals surface area contributed by atoms with Crippen LogP contribution in [0.2, 0.25) is 5.02 Å². The summed E-state index contributed by atoms with van der Waals surface area (Å²) in [7, 11) is 3.81. The molecular formula is C18H20ClF3N4O. The zero-order valence-corrected chi connectivity index (χ0v) is 15.7. The molecule has 1 N–H and O–H groups in total.